The molecule has 5 nitrogen and oxygen atoms in total. The fourth-order valence-corrected chi connectivity index (χ4v) is 3.38. The van der Waals surface area contributed by atoms with E-state index in [0.717, 1.165) is 18.9 Å². The first-order valence-electron chi connectivity index (χ1n) is 8.18. The fraction of sp³-hybridized carbons (Fsp3) is 0.688. The molecule has 0 atom stereocenters. The zero-order valence-corrected chi connectivity index (χ0v) is 12.6. The number of aromatic nitrogens is 2. The van der Waals surface area contributed by atoms with E-state index in [-0.39, 0.29) is 5.91 Å². The minimum Gasteiger partial charge on any atom is -0.356 e. The highest BCUT2D eigenvalue weighted by molar-refractivity contribution is 5.90. The van der Waals surface area contributed by atoms with Crippen LogP contribution in [0.25, 0.3) is 0 Å². The molecule has 0 unspecified atom stereocenters. The van der Waals surface area contributed by atoms with Gasteiger partial charge in [0.1, 0.15) is 18.0 Å². The molecule has 5 heteroatoms. The third kappa shape index (κ3) is 3.93. The lowest BCUT2D eigenvalue weighted by Gasteiger charge is -2.27. The lowest BCUT2D eigenvalue weighted by Crippen LogP contribution is -2.30. The Hall–Kier alpha value is -1.65. The molecular formula is C16H24N4O. The van der Waals surface area contributed by atoms with Crippen molar-refractivity contribution in [1.29, 1.82) is 0 Å². The molecule has 21 heavy (non-hydrogen) atoms. The summed E-state index contributed by atoms with van der Waals surface area (Å²) in [7, 11) is 0. The van der Waals surface area contributed by atoms with Gasteiger partial charge in [-0.1, -0.05) is 12.8 Å². The molecule has 3 rings (SSSR count). The molecule has 0 aromatic carbocycles. The van der Waals surface area contributed by atoms with Gasteiger partial charge in [0, 0.05) is 25.6 Å². The van der Waals surface area contributed by atoms with Gasteiger partial charge < -0.3 is 10.2 Å². The highest BCUT2D eigenvalue weighted by Gasteiger charge is 2.19. The first kappa shape index (κ1) is 14.3. The van der Waals surface area contributed by atoms with Crippen LogP contribution in [0.5, 0.6) is 0 Å². The Morgan fingerprint density at radius 3 is 2.67 bits per heavy atom. The molecule has 1 N–H and O–H groups in total. The normalized spacial score (nSPS) is 19.7. The number of piperidine rings is 1. The summed E-state index contributed by atoms with van der Waals surface area (Å²) in [5, 5.41) is 2.93. The zero-order valence-electron chi connectivity index (χ0n) is 12.6. The van der Waals surface area contributed by atoms with Crippen LogP contribution in [0.4, 0.5) is 11.6 Å². The van der Waals surface area contributed by atoms with Gasteiger partial charge in [-0.15, -0.1) is 0 Å². The van der Waals surface area contributed by atoms with Gasteiger partial charge in [-0.25, -0.2) is 9.97 Å². The molecule has 0 radical (unpaired) electrons. The second-order valence-corrected chi connectivity index (χ2v) is 6.21. The van der Waals surface area contributed by atoms with Crippen LogP contribution >= 0.6 is 0 Å². The highest BCUT2D eigenvalue weighted by atomic mass is 16.1. The number of carbonyl (C=O) groups is 1. The standard InChI is InChI=1S/C16H24N4O/c21-16(10-13-6-2-3-7-13)19-14-11-15(18-12-17-14)20-8-4-1-5-9-20/h11-13H,1-10H2,(H,17,18,19,21). The van der Waals surface area contributed by atoms with Crippen molar-refractivity contribution in [3.63, 3.8) is 0 Å². The smallest absolute Gasteiger partial charge is 0.225 e. The Balaban J connectivity index is 1.58. The van der Waals surface area contributed by atoms with E-state index in [1.807, 2.05) is 6.07 Å². The molecule has 1 aliphatic heterocycles. The van der Waals surface area contributed by atoms with Gasteiger partial charge in [-0.2, -0.15) is 0 Å². The van der Waals surface area contributed by atoms with Crippen LogP contribution < -0.4 is 10.2 Å². The Morgan fingerprint density at radius 1 is 1.14 bits per heavy atom. The Labute approximate surface area is 126 Å². The van der Waals surface area contributed by atoms with Gasteiger partial charge in [-0.05, 0) is 38.0 Å². The summed E-state index contributed by atoms with van der Waals surface area (Å²) in [5.74, 6) is 2.22. The van der Waals surface area contributed by atoms with Crippen molar-refractivity contribution in [3.8, 4) is 0 Å². The van der Waals surface area contributed by atoms with E-state index >= 15 is 0 Å². The van der Waals surface area contributed by atoms with Crippen molar-refractivity contribution in [2.24, 2.45) is 5.92 Å². The molecule has 1 aromatic heterocycles. The number of nitrogens with zero attached hydrogens (tertiary/aromatic N) is 3. The summed E-state index contributed by atoms with van der Waals surface area (Å²) >= 11 is 0. The predicted molar refractivity (Wildman–Crippen MR) is 83.3 cm³/mol. The van der Waals surface area contributed by atoms with Gasteiger partial charge in [0.05, 0.1) is 0 Å². The summed E-state index contributed by atoms with van der Waals surface area (Å²) in [6.07, 6.45) is 10.8. The fourth-order valence-electron chi connectivity index (χ4n) is 3.38. The first-order chi connectivity index (χ1) is 10.3. The molecule has 1 amide bonds. The van der Waals surface area contributed by atoms with Crippen molar-refractivity contribution < 1.29 is 4.79 Å². The number of anilines is 2. The number of amides is 1. The van der Waals surface area contributed by atoms with Crippen LogP contribution in [0.2, 0.25) is 0 Å². The second kappa shape index (κ2) is 6.87. The predicted octanol–water partition coefficient (Wildman–Crippen LogP) is 2.99. The molecule has 1 saturated carbocycles. The monoisotopic (exact) mass is 288 g/mol. The van der Waals surface area contributed by atoms with Gasteiger partial charge in [0.2, 0.25) is 5.91 Å². The van der Waals surface area contributed by atoms with E-state index < -0.39 is 0 Å². The van der Waals surface area contributed by atoms with Crippen LogP contribution in [0.3, 0.4) is 0 Å². The summed E-state index contributed by atoms with van der Waals surface area (Å²) in [6.45, 7) is 2.10. The van der Waals surface area contributed by atoms with Crippen molar-refractivity contribution in [3.05, 3.63) is 12.4 Å². The van der Waals surface area contributed by atoms with Gasteiger partial charge in [0.25, 0.3) is 0 Å². The van der Waals surface area contributed by atoms with Gasteiger partial charge in [0.15, 0.2) is 0 Å². The van der Waals surface area contributed by atoms with E-state index in [9.17, 15) is 4.79 Å². The summed E-state index contributed by atoms with van der Waals surface area (Å²) in [6, 6.07) is 1.90. The SMILES string of the molecule is O=C(CC1CCCC1)Nc1cc(N2CCCCC2)ncn1. The molecule has 2 fully saturated rings. The second-order valence-electron chi connectivity index (χ2n) is 6.21. The maximum Gasteiger partial charge on any atom is 0.225 e. The Morgan fingerprint density at radius 2 is 1.90 bits per heavy atom. The van der Waals surface area contributed by atoms with Crippen LogP contribution in [0, 0.1) is 5.92 Å². The van der Waals surface area contributed by atoms with Crippen molar-refractivity contribution in [2.75, 3.05) is 23.3 Å². The topological polar surface area (TPSA) is 58.1 Å². The Bertz CT molecular complexity index is 479. The molecule has 1 aromatic rings. The van der Waals surface area contributed by atoms with E-state index in [1.165, 1.54) is 44.9 Å². The van der Waals surface area contributed by atoms with Crippen molar-refractivity contribution in [2.45, 2.75) is 51.4 Å². The average Bonchev–Trinajstić information content (AvgIpc) is 3.01. The van der Waals surface area contributed by atoms with Crippen molar-refractivity contribution in [1.82, 2.24) is 9.97 Å². The van der Waals surface area contributed by atoms with Crippen LogP contribution in [-0.4, -0.2) is 29.0 Å². The maximum absolute atomic E-state index is 12.1. The summed E-state index contributed by atoms with van der Waals surface area (Å²) in [5.41, 5.74) is 0. The highest BCUT2D eigenvalue weighted by Crippen LogP contribution is 2.27. The number of rotatable bonds is 4. The van der Waals surface area contributed by atoms with Gasteiger partial charge in [-0.3, -0.25) is 4.79 Å². The summed E-state index contributed by atoms with van der Waals surface area (Å²) < 4.78 is 0. The van der Waals surface area contributed by atoms with Crippen molar-refractivity contribution >= 4 is 17.5 Å². The average molecular weight is 288 g/mol. The lowest BCUT2D eigenvalue weighted by atomic mass is 10.0. The third-order valence-corrected chi connectivity index (χ3v) is 4.55. The van der Waals surface area contributed by atoms with E-state index in [0.29, 0.717) is 18.2 Å². The van der Waals surface area contributed by atoms with E-state index in [2.05, 4.69) is 20.2 Å². The molecule has 1 aliphatic carbocycles. The third-order valence-electron chi connectivity index (χ3n) is 4.55. The van der Waals surface area contributed by atoms with Crippen LogP contribution in [-0.2, 0) is 4.79 Å². The van der Waals surface area contributed by atoms with E-state index in [1.54, 1.807) is 6.33 Å². The molecule has 0 bridgehead atoms. The lowest BCUT2D eigenvalue weighted by molar-refractivity contribution is -0.117. The largest absolute Gasteiger partial charge is 0.356 e. The Kier molecular flexibility index (Phi) is 4.68. The minimum absolute atomic E-state index is 0.0881. The molecule has 2 aliphatic rings. The number of carbonyl (C=O) groups excluding carboxylic acids is 1. The molecule has 2 heterocycles. The van der Waals surface area contributed by atoms with Crippen LogP contribution in [0.1, 0.15) is 51.4 Å². The minimum atomic E-state index is 0.0881. The van der Waals surface area contributed by atoms with Crippen LogP contribution in [0.15, 0.2) is 12.4 Å². The first-order valence-corrected chi connectivity index (χ1v) is 8.18. The zero-order chi connectivity index (χ0) is 14.5. The maximum atomic E-state index is 12.1. The molecule has 0 spiro atoms. The molecule has 114 valence electrons. The number of nitrogens with one attached hydrogen (secondary N) is 1. The quantitative estimate of drug-likeness (QED) is 0.925. The molecular weight excluding hydrogens is 264 g/mol. The number of hydrogen-bond acceptors (Lipinski definition) is 4. The van der Waals surface area contributed by atoms with Gasteiger partial charge >= 0.3 is 0 Å². The summed E-state index contributed by atoms with van der Waals surface area (Å²) in [4.78, 5) is 22.9. The molecule has 1 saturated heterocycles. The van der Waals surface area contributed by atoms with E-state index in [4.69, 9.17) is 0 Å². The number of hydrogen-bond donors (Lipinski definition) is 1.